The van der Waals surface area contributed by atoms with E-state index in [4.69, 9.17) is 0 Å². The van der Waals surface area contributed by atoms with Crippen LogP contribution in [0, 0.1) is 0 Å². The summed E-state index contributed by atoms with van der Waals surface area (Å²) in [7, 11) is 1.96. The molecule has 0 fully saturated rings. The van der Waals surface area contributed by atoms with Crippen molar-refractivity contribution in [2.75, 3.05) is 7.05 Å². The molecule has 74 valence electrons. The molecule has 14 heavy (non-hydrogen) atoms. The second-order valence-corrected chi connectivity index (χ2v) is 4.60. The van der Waals surface area contributed by atoms with Crippen LogP contribution in [0.25, 0.3) is 0 Å². The van der Waals surface area contributed by atoms with Gasteiger partial charge in [-0.15, -0.1) is 16.4 Å². The molecule has 3 nitrogen and oxygen atoms in total. The van der Waals surface area contributed by atoms with Crippen LogP contribution in [0.5, 0.6) is 0 Å². The van der Waals surface area contributed by atoms with Gasteiger partial charge in [-0.25, -0.2) is 0 Å². The van der Waals surface area contributed by atoms with Crippen LogP contribution in [-0.2, 0) is 6.42 Å². The van der Waals surface area contributed by atoms with Crippen molar-refractivity contribution in [1.29, 1.82) is 0 Å². The fourth-order valence-corrected chi connectivity index (χ4v) is 2.57. The highest BCUT2D eigenvalue weighted by molar-refractivity contribution is 7.09. The molecule has 0 amide bonds. The smallest absolute Gasteiger partial charge is 0.0928 e. The van der Waals surface area contributed by atoms with E-state index in [0.717, 1.165) is 12.1 Å². The van der Waals surface area contributed by atoms with Crippen molar-refractivity contribution in [3.05, 3.63) is 33.5 Å². The molecule has 0 spiro atoms. The quantitative estimate of drug-likeness (QED) is 0.866. The van der Waals surface area contributed by atoms with Crippen LogP contribution in [0.1, 0.15) is 16.6 Å². The number of thiophene rings is 1. The maximum Gasteiger partial charge on any atom is 0.0928 e. The Morgan fingerprint density at radius 2 is 2.50 bits per heavy atom. The lowest BCUT2D eigenvalue weighted by molar-refractivity contribution is 0.578. The van der Waals surface area contributed by atoms with Crippen molar-refractivity contribution >= 4 is 22.9 Å². The van der Waals surface area contributed by atoms with Gasteiger partial charge in [0.15, 0.2) is 0 Å². The summed E-state index contributed by atoms with van der Waals surface area (Å²) < 4.78 is 3.88. The third kappa shape index (κ3) is 2.17. The number of hydrogen-bond acceptors (Lipinski definition) is 5. The zero-order valence-corrected chi connectivity index (χ0v) is 9.44. The van der Waals surface area contributed by atoms with Crippen LogP contribution in [-0.4, -0.2) is 16.6 Å². The van der Waals surface area contributed by atoms with E-state index >= 15 is 0 Å². The maximum absolute atomic E-state index is 4.08. The number of aromatic nitrogens is 2. The Labute approximate surface area is 91.0 Å². The number of rotatable bonds is 4. The summed E-state index contributed by atoms with van der Waals surface area (Å²) in [5, 5.41) is 11.4. The van der Waals surface area contributed by atoms with Crippen LogP contribution < -0.4 is 5.32 Å². The highest BCUT2D eigenvalue weighted by atomic mass is 32.1. The fourth-order valence-electron chi connectivity index (χ4n) is 1.31. The molecule has 0 aliphatic carbocycles. The minimum Gasteiger partial charge on any atom is -0.311 e. The molecule has 1 atom stereocenters. The molecule has 5 heteroatoms. The van der Waals surface area contributed by atoms with Gasteiger partial charge >= 0.3 is 0 Å². The summed E-state index contributed by atoms with van der Waals surface area (Å²) in [5.74, 6) is 0. The predicted molar refractivity (Wildman–Crippen MR) is 59.7 cm³/mol. The van der Waals surface area contributed by atoms with E-state index < -0.39 is 0 Å². The van der Waals surface area contributed by atoms with Crippen molar-refractivity contribution in [3.63, 3.8) is 0 Å². The predicted octanol–water partition coefficient (Wildman–Crippen LogP) is 2.10. The largest absolute Gasteiger partial charge is 0.311 e. The highest BCUT2D eigenvalue weighted by Crippen LogP contribution is 2.19. The number of nitrogens with zero attached hydrogens (tertiary/aromatic N) is 2. The molecule has 0 saturated carbocycles. The first-order valence-corrected chi connectivity index (χ1v) is 6.08. The summed E-state index contributed by atoms with van der Waals surface area (Å²) in [5.41, 5.74) is 1.03. The van der Waals surface area contributed by atoms with E-state index in [1.807, 2.05) is 12.4 Å². The van der Waals surface area contributed by atoms with Gasteiger partial charge in [0.25, 0.3) is 0 Å². The van der Waals surface area contributed by atoms with E-state index in [0.29, 0.717) is 0 Å². The molecule has 1 unspecified atom stereocenters. The molecule has 0 saturated heterocycles. The van der Waals surface area contributed by atoms with Crippen LogP contribution in [0.4, 0.5) is 0 Å². The third-order valence-corrected chi connectivity index (χ3v) is 3.49. The summed E-state index contributed by atoms with van der Waals surface area (Å²) >= 11 is 3.18. The van der Waals surface area contributed by atoms with Gasteiger partial charge < -0.3 is 5.32 Å². The molecular weight excluding hydrogens is 214 g/mol. The molecule has 0 aliphatic rings. The SMILES string of the molecule is CNC(Cc1cccs1)c1csnn1. The van der Waals surface area contributed by atoms with Crippen molar-refractivity contribution in [1.82, 2.24) is 14.9 Å². The lowest BCUT2D eigenvalue weighted by atomic mass is 10.1. The minimum atomic E-state index is 0.285. The first-order chi connectivity index (χ1) is 6.90. The van der Waals surface area contributed by atoms with E-state index in [1.54, 1.807) is 11.3 Å². The zero-order valence-electron chi connectivity index (χ0n) is 7.80. The van der Waals surface area contributed by atoms with Gasteiger partial charge in [-0.2, -0.15) is 0 Å². The van der Waals surface area contributed by atoms with Crippen molar-refractivity contribution in [2.24, 2.45) is 0 Å². The highest BCUT2D eigenvalue weighted by Gasteiger charge is 2.12. The van der Waals surface area contributed by atoms with E-state index in [9.17, 15) is 0 Å². The van der Waals surface area contributed by atoms with Crippen LogP contribution in [0.2, 0.25) is 0 Å². The normalized spacial score (nSPS) is 12.9. The first-order valence-electron chi connectivity index (χ1n) is 4.36. The second kappa shape index (κ2) is 4.63. The standard InChI is InChI=1S/C9H11N3S2/c1-10-8(9-6-14-12-11-9)5-7-3-2-4-13-7/h2-4,6,8,10H,5H2,1H3. The maximum atomic E-state index is 4.08. The third-order valence-electron chi connectivity index (χ3n) is 2.07. The Morgan fingerprint density at radius 1 is 1.57 bits per heavy atom. The van der Waals surface area contributed by atoms with Crippen LogP contribution >= 0.6 is 22.9 Å². The Bertz CT molecular complexity index is 355. The summed E-state index contributed by atoms with van der Waals surface area (Å²) in [6.07, 6.45) is 0.986. The topological polar surface area (TPSA) is 37.8 Å². The molecule has 0 radical (unpaired) electrons. The monoisotopic (exact) mass is 225 g/mol. The summed E-state index contributed by atoms with van der Waals surface area (Å²) in [6, 6.07) is 4.51. The molecule has 2 heterocycles. The first kappa shape index (κ1) is 9.76. The van der Waals surface area contributed by atoms with Crippen LogP contribution in [0.15, 0.2) is 22.9 Å². The molecular formula is C9H11N3S2. The minimum absolute atomic E-state index is 0.285. The molecule has 2 aromatic rings. The van der Waals surface area contributed by atoms with Gasteiger partial charge in [0.1, 0.15) is 0 Å². The molecule has 2 aromatic heterocycles. The molecule has 0 bridgehead atoms. The van der Waals surface area contributed by atoms with Gasteiger partial charge in [-0.1, -0.05) is 10.6 Å². The Morgan fingerprint density at radius 3 is 3.07 bits per heavy atom. The van der Waals surface area contributed by atoms with Crippen molar-refractivity contribution < 1.29 is 0 Å². The zero-order chi connectivity index (χ0) is 9.80. The van der Waals surface area contributed by atoms with E-state index in [1.165, 1.54) is 16.4 Å². The van der Waals surface area contributed by atoms with Gasteiger partial charge in [0.2, 0.25) is 0 Å². The van der Waals surface area contributed by atoms with Gasteiger partial charge in [-0.3, -0.25) is 0 Å². The molecule has 0 aliphatic heterocycles. The lowest BCUT2D eigenvalue weighted by Gasteiger charge is -2.11. The number of nitrogens with one attached hydrogen (secondary N) is 1. The van der Waals surface area contributed by atoms with Gasteiger partial charge in [0, 0.05) is 16.7 Å². The van der Waals surface area contributed by atoms with Gasteiger partial charge in [0.05, 0.1) is 11.7 Å². The average Bonchev–Trinajstić information content (AvgIpc) is 2.86. The van der Waals surface area contributed by atoms with E-state index in [-0.39, 0.29) is 6.04 Å². The van der Waals surface area contributed by atoms with Crippen molar-refractivity contribution in [3.8, 4) is 0 Å². The molecule has 1 N–H and O–H groups in total. The molecule has 2 rings (SSSR count). The van der Waals surface area contributed by atoms with E-state index in [2.05, 4.69) is 32.4 Å². The fraction of sp³-hybridized carbons (Fsp3) is 0.333. The van der Waals surface area contributed by atoms with Crippen LogP contribution in [0.3, 0.4) is 0 Å². The summed E-state index contributed by atoms with van der Waals surface area (Å²) in [4.78, 5) is 1.37. The molecule has 0 aromatic carbocycles. The summed E-state index contributed by atoms with van der Waals surface area (Å²) in [6.45, 7) is 0. The second-order valence-electron chi connectivity index (χ2n) is 2.95. The Balaban J connectivity index is 2.08. The number of hydrogen-bond donors (Lipinski definition) is 1. The van der Waals surface area contributed by atoms with Crippen molar-refractivity contribution in [2.45, 2.75) is 12.5 Å². The average molecular weight is 225 g/mol. The Hall–Kier alpha value is -0.780. The number of likely N-dealkylation sites (N-methyl/N-ethyl adjacent to an activating group) is 1. The van der Waals surface area contributed by atoms with Gasteiger partial charge in [-0.05, 0) is 30.0 Å². The lowest BCUT2D eigenvalue weighted by Crippen LogP contribution is -2.18. The Kier molecular flexibility index (Phi) is 3.23.